The van der Waals surface area contributed by atoms with E-state index in [1.807, 2.05) is 11.8 Å². The highest BCUT2D eigenvalue weighted by molar-refractivity contribution is 7.92. The smallest absolute Gasteiger partial charge is 0.261 e. The lowest BCUT2D eigenvalue weighted by molar-refractivity contribution is 0.0762. The lowest BCUT2D eigenvalue weighted by Gasteiger charge is -2.22. The molecule has 188 valence electrons. The molecule has 0 atom stereocenters. The quantitative estimate of drug-likeness (QED) is 0.430. The van der Waals surface area contributed by atoms with Gasteiger partial charge in [0.25, 0.3) is 21.8 Å². The molecule has 1 saturated heterocycles. The summed E-state index contributed by atoms with van der Waals surface area (Å²) in [6.45, 7) is 3.25. The molecule has 0 unspecified atom stereocenters. The number of amides is 2. The summed E-state index contributed by atoms with van der Waals surface area (Å²) in [5.74, 6) is -0.675. The first-order valence-corrected chi connectivity index (χ1v) is 13.7. The van der Waals surface area contributed by atoms with Gasteiger partial charge in [-0.3, -0.25) is 14.3 Å². The third kappa shape index (κ3) is 6.06. The SMILES string of the molecule is Cc1ccc(S(=O)(=O)Nc2ccc(Cl)c(C(=O)Nc3ccccc3C(=O)N3CCCCCC3)c2)cc1. The maximum atomic E-state index is 13.2. The van der Waals surface area contributed by atoms with Gasteiger partial charge in [-0.2, -0.15) is 0 Å². The van der Waals surface area contributed by atoms with Crippen molar-refractivity contribution in [2.24, 2.45) is 0 Å². The Kier molecular flexibility index (Phi) is 7.96. The molecule has 1 aliphatic heterocycles. The molecule has 1 fully saturated rings. The number of nitrogens with one attached hydrogen (secondary N) is 2. The van der Waals surface area contributed by atoms with Gasteiger partial charge in [-0.1, -0.05) is 54.3 Å². The van der Waals surface area contributed by atoms with E-state index in [9.17, 15) is 18.0 Å². The third-order valence-electron chi connectivity index (χ3n) is 6.09. The van der Waals surface area contributed by atoms with Crippen molar-refractivity contribution in [2.45, 2.75) is 37.5 Å². The number of rotatable bonds is 6. The number of halogens is 1. The number of carbonyl (C=O) groups is 2. The average molecular weight is 526 g/mol. The normalized spacial score (nSPS) is 14.1. The Morgan fingerprint density at radius 2 is 1.53 bits per heavy atom. The number of nitrogens with zero attached hydrogens (tertiary/aromatic N) is 1. The van der Waals surface area contributed by atoms with Crippen molar-refractivity contribution in [3.8, 4) is 0 Å². The number of sulfonamides is 1. The Balaban J connectivity index is 1.55. The maximum absolute atomic E-state index is 13.2. The molecule has 2 N–H and O–H groups in total. The highest BCUT2D eigenvalue weighted by atomic mass is 35.5. The highest BCUT2D eigenvalue weighted by Gasteiger charge is 2.22. The maximum Gasteiger partial charge on any atom is 0.261 e. The molecule has 1 aliphatic rings. The van der Waals surface area contributed by atoms with Crippen LogP contribution in [0, 0.1) is 6.92 Å². The van der Waals surface area contributed by atoms with Crippen LogP contribution in [0.5, 0.6) is 0 Å². The Labute approximate surface area is 216 Å². The minimum atomic E-state index is -3.85. The van der Waals surface area contributed by atoms with Crippen molar-refractivity contribution in [3.05, 3.63) is 88.4 Å². The van der Waals surface area contributed by atoms with E-state index in [2.05, 4.69) is 10.0 Å². The predicted molar refractivity (Wildman–Crippen MR) is 142 cm³/mol. The van der Waals surface area contributed by atoms with Gasteiger partial charge in [0.2, 0.25) is 0 Å². The number of carbonyl (C=O) groups excluding carboxylic acids is 2. The summed E-state index contributed by atoms with van der Waals surface area (Å²) in [5.41, 5.74) is 1.99. The van der Waals surface area contributed by atoms with Crippen LogP contribution in [-0.2, 0) is 10.0 Å². The van der Waals surface area contributed by atoms with Crippen LogP contribution in [0.1, 0.15) is 52.0 Å². The molecule has 0 saturated carbocycles. The molecular weight excluding hydrogens is 498 g/mol. The fraction of sp³-hybridized carbons (Fsp3) is 0.259. The van der Waals surface area contributed by atoms with Crippen LogP contribution in [0.15, 0.2) is 71.6 Å². The van der Waals surface area contributed by atoms with E-state index in [4.69, 9.17) is 11.6 Å². The van der Waals surface area contributed by atoms with Crippen molar-refractivity contribution in [3.63, 3.8) is 0 Å². The summed E-state index contributed by atoms with van der Waals surface area (Å²) in [6, 6.07) is 17.6. The zero-order valence-electron chi connectivity index (χ0n) is 20.0. The summed E-state index contributed by atoms with van der Waals surface area (Å²) in [4.78, 5) is 28.3. The largest absolute Gasteiger partial charge is 0.339 e. The molecule has 1 heterocycles. The molecule has 9 heteroatoms. The van der Waals surface area contributed by atoms with Crippen LogP contribution in [0.2, 0.25) is 5.02 Å². The lowest BCUT2D eigenvalue weighted by Crippen LogP contribution is -2.32. The van der Waals surface area contributed by atoms with Crippen LogP contribution in [0.3, 0.4) is 0 Å². The van der Waals surface area contributed by atoms with E-state index in [-0.39, 0.29) is 27.1 Å². The van der Waals surface area contributed by atoms with Gasteiger partial charge in [0.05, 0.1) is 26.7 Å². The van der Waals surface area contributed by atoms with E-state index >= 15 is 0 Å². The zero-order chi connectivity index (χ0) is 25.7. The van der Waals surface area contributed by atoms with E-state index in [1.165, 1.54) is 30.3 Å². The van der Waals surface area contributed by atoms with Gasteiger partial charge in [0, 0.05) is 18.8 Å². The fourth-order valence-corrected chi connectivity index (χ4v) is 5.36. The average Bonchev–Trinajstić information content (AvgIpc) is 3.15. The Hall–Kier alpha value is -3.36. The Morgan fingerprint density at radius 3 is 2.22 bits per heavy atom. The van der Waals surface area contributed by atoms with Crippen molar-refractivity contribution >= 4 is 44.8 Å². The second-order valence-corrected chi connectivity index (χ2v) is 10.9. The van der Waals surface area contributed by atoms with Gasteiger partial charge in [-0.15, -0.1) is 0 Å². The van der Waals surface area contributed by atoms with Crippen molar-refractivity contribution < 1.29 is 18.0 Å². The number of likely N-dealkylation sites (tertiary alicyclic amines) is 1. The predicted octanol–water partition coefficient (Wildman–Crippen LogP) is 5.72. The second kappa shape index (κ2) is 11.1. The monoisotopic (exact) mass is 525 g/mol. The number of para-hydroxylation sites is 1. The Morgan fingerprint density at radius 1 is 0.861 bits per heavy atom. The first kappa shape index (κ1) is 25.7. The van der Waals surface area contributed by atoms with Gasteiger partial charge in [-0.25, -0.2) is 8.42 Å². The van der Waals surface area contributed by atoms with E-state index in [0.29, 0.717) is 24.3 Å². The number of benzene rings is 3. The number of hydrogen-bond donors (Lipinski definition) is 2. The summed E-state index contributed by atoms with van der Waals surface area (Å²) < 4.78 is 28.0. The number of hydrogen-bond acceptors (Lipinski definition) is 4. The van der Waals surface area contributed by atoms with Gasteiger partial charge in [0.15, 0.2) is 0 Å². The van der Waals surface area contributed by atoms with Crippen molar-refractivity contribution in [1.29, 1.82) is 0 Å². The summed E-state index contributed by atoms with van der Waals surface area (Å²) in [6.07, 6.45) is 4.12. The van der Waals surface area contributed by atoms with Crippen LogP contribution in [0.25, 0.3) is 0 Å². The molecule has 0 aromatic heterocycles. The molecule has 0 aliphatic carbocycles. The van der Waals surface area contributed by atoms with Crippen LogP contribution >= 0.6 is 11.6 Å². The van der Waals surface area contributed by atoms with Crippen LogP contribution in [-0.4, -0.2) is 38.2 Å². The zero-order valence-corrected chi connectivity index (χ0v) is 21.5. The van der Waals surface area contributed by atoms with Gasteiger partial charge in [-0.05, 0) is 62.2 Å². The molecule has 3 aromatic carbocycles. The fourth-order valence-electron chi connectivity index (χ4n) is 4.11. The molecule has 3 aromatic rings. The van der Waals surface area contributed by atoms with Gasteiger partial charge >= 0.3 is 0 Å². The van der Waals surface area contributed by atoms with Crippen LogP contribution in [0.4, 0.5) is 11.4 Å². The lowest BCUT2D eigenvalue weighted by atomic mass is 10.1. The molecule has 2 amide bonds. The van der Waals surface area contributed by atoms with E-state index in [0.717, 1.165) is 31.2 Å². The molecule has 0 spiro atoms. The topological polar surface area (TPSA) is 95.6 Å². The van der Waals surface area contributed by atoms with Crippen LogP contribution < -0.4 is 10.0 Å². The molecule has 4 rings (SSSR count). The van der Waals surface area contributed by atoms with Crippen molar-refractivity contribution in [1.82, 2.24) is 4.90 Å². The molecular formula is C27H28ClN3O4S. The molecule has 0 bridgehead atoms. The standard InChI is InChI=1S/C27H28ClN3O4S/c1-19-10-13-21(14-11-19)36(34,35)30-20-12-15-24(28)23(18-20)26(32)29-25-9-5-4-8-22(25)27(33)31-16-6-2-3-7-17-31/h4-5,8-15,18,30H,2-3,6-7,16-17H2,1H3,(H,29,32). The van der Waals surface area contributed by atoms with Crippen molar-refractivity contribution in [2.75, 3.05) is 23.1 Å². The van der Waals surface area contributed by atoms with Gasteiger partial charge in [0.1, 0.15) is 0 Å². The molecule has 36 heavy (non-hydrogen) atoms. The first-order chi connectivity index (χ1) is 17.2. The summed E-state index contributed by atoms with van der Waals surface area (Å²) in [7, 11) is -3.85. The Bertz CT molecular complexity index is 1370. The number of aryl methyl sites for hydroxylation is 1. The second-order valence-electron chi connectivity index (χ2n) is 8.82. The molecule has 0 radical (unpaired) electrons. The third-order valence-corrected chi connectivity index (χ3v) is 7.82. The minimum Gasteiger partial charge on any atom is -0.339 e. The highest BCUT2D eigenvalue weighted by Crippen LogP contribution is 2.26. The molecule has 7 nitrogen and oxygen atoms in total. The van der Waals surface area contributed by atoms with Gasteiger partial charge < -0.3 is 10.2 Å². The van der Waals surface area contributed by atoms with E-state index < -0.39 is 15.9 Å². The minimum absolute atomic E-state index is 0.0813. The summed E-state index contributed by atoms with van der Waals surface area (Å²) >= 11 is 6.29. The first-order valence-electron chi connectivity index (χ1n) is 11.8. The van der Waals surface area contributed by atoms with E-state index in [1.54, 1.807) is 36.4 Å². The summed E-state index contributed by atoms with van der Waals surface area (Å²) in [5, 5.41) is 2.94. The number of anilines is 2.